The summed E-state index contributed by atoms with van der Waals surface area (Å²) in [6, 6.07) is 2.18. The van der Waals surface area contributed by atoms with Crippen LogP contribution in [0.1, 0.15) is 27.7 Å². The van der Waals surface area contributed by atoms with Crippen molar-refractivity contribution in [1.82, 2.24) is 0 Å². The summed E-state index contributed by atoms with van der Waals surface area (Å²) in [6.07, 6.45) is 0. The molecule has 0 aliphatic carbocycles. The highest BCUT2D eigenvalue weighted by atomic mass is 14.3. The van der Waals surface area contributed by atoms with Crippen molar-refractivity contribution in [2.75, 3.05) is 0 Å². The molecule has 0 radical (unpaired) electrons. The molecule has 0 atom stereocenters. The van der Waals surface area contributed by atoms with Gasteiger partial charge in [-0.1, -0.05) is 19.4 Å². The molecule has 0 aromatic carbocycles. The zero-order valence-electron chi connectivity index (χ0n) is 6.52. The molecule has 0 unspecified atom stereocenters. The van der Waals surface area contributed by atoms with E-state index in [2.05, 4.69) is 6.07 Å². The molecule has 0 aliphatic rings. The molecule has 0 aliphatic heterocycles. The molecule has 0 heterocycles. The predicted octanol–water partition coefficient (Wildman–Crippen LogP) is 2.50. The van der Waals surface area contributed by atoms with Gasteiger partial charge in [-0.2, -0.15) is 5.26 Å². The Bertz CT molecular complexity index is 154. The maximum absolute atomic E-state index is 8.56. The van der Waals surface area contributed by atoms with Gasteiger partial charge in [0.15, 0.2) is 0 Å². The summed E-state index contributed by atoms with van der Waals surface area (Å²) in [4.78, 5) is 0. The van der Waals surface area contributed by atoms with Crippen LogP contribution in [0, 0.1) is 17.2 Å². The molecule has 0 aromatic rings. The van der Waals surface area contributed by atoms with Gasteiger partial charge in [-0.3, -0.25) is 0 Å². The highest BCUT2D eigenvalue weighted by molar-refractivity contribution is 5.26. The highest BCUT2D eigenvalue weighted by Crippen LogP contribution is 2.12. The minimum Gasteiger partial charge on any atom is -0.193 e. The van der Waals surface area contributed by atoms with Crippen molar-refractivity contribution in [3.63, 3.8) is 0 Å². The number of hydrogen-bond acceptors (Lipinski definition) is 1. The molecule has 0 N–H and O–H groups in total. The summed E-state index contributed by atoms with van der Waals surface area (Å²) in [5.41, 5.74) is 2.04. The van der Waals surface area contributed by atoms with E-state index in [1.807, 2.05) is 27.7 Å². The Morgan fingerprint density at radius 3 is 1.78 bits per heavy atom. The number of nitriles is 1. The van der Waals surface area contributed by atoms with Crippen molar-refractivity contribution in [3.05, 3.63) is 11.1 Å². The van der Waals surface area contributed by atoms with Gasteiger partial charge in [-0.05, 0) is 19.8 Å². The average molecular weight is 123 g/mol. The monoisotopic (exact) mass is 123 g/mol. The standard InChI is InChI=1S/C8H13N/c1-6(2)8(5-9)7(3)4/h6H,1-4H3. The van der Waals surface area contributed by atoms with E-state index in [1.165, 1.54) is 0 Å². The van der Waals surface area contributed by atoms with Gasteiger partial charge in [0.2, 0.25) is 0 Å². The lowest BCUT2D eigenvalue weighted by atomic mass is 10.0. The summed E-state index contributed by atoms with van der Waals surface area (Å²) < 4.78 is 0. The van der Waals surface area contributed by atoms with Crippen LogP contribution in [0.15, 0.2) is 11.1 Å². The van der Waals surface area contributed by atoms with E-state index in [9.17, 15) is 0 Å². The second-order valence-corrected chi connectivity index (χ2v) is 2.68. The van der Waals surface area contributed by atoms with Crippen LogP contribution in [0.25, 0.3) is 0 Å². The number of hydrogen-bond donors (Lipinski definition) is 0. The SMILES string of the molecule is CC(C)=C(C#N)C(C)C. The van der Waals surface area contributed by atoms with Crippen LogP contribution in [-0.4, -0.2) is 0 Å². The molecule has 0 amide bonds. The van der Waals surface area contributed by atoms with Gasteiger partial charge in [0.05, 0.1) is 6.07 Å². The smallest absolute Gasteiger partial charge is 0.0949 e. The zero-order valence-corrected chi connectivity index (χ0v) is 6.52. The molecule has 0 bridgehead atoms. The topological polar surface area (TPSA) is 23.8 Å². The van der Waals surface area contributed by atoms with E-state index in [-0.39, 0.29) is 0 Å². The third-order valence-electron chi connectivity index (χ3n) is 1.24. The summed E-state index contributed by atoms with van der Waals surface area (Å²) in [7, 11) is 0. The third-order valence-corrected chi connectivity index (χ3v) is 1.24. The van der Waals surface area contributed by atoms with Gasteiger partial charge in [0.25, 0.3) is 0 Å². The van der Waals surface area contributed by atoms with E-state index in [1.54, 1.807) is 0 Å². The lowest BCUT2D eigenvalue weighted by molar-refractivity contribution is 0.783. The lowest BCUT2D eigenvalue weighted by Gasteiger charge is -2.02. The van der Waals surface area contributed by atoms with Crippen LogP contribution in [-0.2, 0) is 0 Å². The number of rotatable bonds is 1. The van der Waals surface area contributed by atoms with Gasteiger partial charge >= 0.3 is 0 Å². The van der Waals surface area contributed by atoms with Crippen LogP contribution < -0.4 is 0 Å². The Morgan fingerprint density at radius 1 is 1.33 bits per heavy atom. The number of nitrogens with zero attached hydrogens (tertiary/aromatic N) is 1. The fraction of sp³-hybridized carbons (Fsp3) is 0.625. The Kier molecular flexibility index (Phi) is 3.01. The van der Waals surface area contributed by atoms with Crippen molar-refractivity contribution in [2.24, 2.45) is 5.92 Å². The van der Waals surface area contributed by atoms with Gasteiger partial charge in [-0.15, -0.1) is 0 Å². The normalized spacial score (nSPS) is 8.89. The summed E-state index contributed by atoms with van der Waals surface area (Å²) in [6.45, 7) is 8.01. The fourth-order valence-electron chi connectivity index (χ4n) is 0.818. The Labute approximate surface area is 57.0 Å². The zero-order chi connectivity index (χ0) is 7.44. The Balaban J connectivity index is 4.41. The molecular formula is C8H13N. The molecule has 1 heteroatoms. The molecule has 1 nitrogen and oxygen atoms in total. The molecule has 0 saturated heterocycles. The van der Waals surface area contributed by atoms with Crippen molar-refractivity contribution >= 4 is 0 Å². The van der Waals surface area contributed by atoms with E-state index < -0.39 is 0 Å². The summed E-state index contributed by atoms with van der Waals surface area (Å²) in [5, 5.41) is 8.56. The van der Waals surface area contributed by atoms with E-state index >= 15 is 0 Å². The molecular weight excluding hydrogens is 110 g/mol. The molecule has 0 spiro atoms. The van der Waals surface area contributed by atoms with Crippen molar-refractivity contribution in [3.8, 4) is 6.07 Å². The van der Waals surface area contributed by atoms with E-state index in [0.29, 0.717) is 5.92 Å². The van der Waals surface area contributed by atoms with Crippen LogP contribution in [0.4, 0.5) is 0 Å². The lowest BCUT2D eigenvalue weighted by Crippen LogP contribution is -1.92. The van der Waals surface area contributed by atoms with Crippen LogP contribution in [0.3, 0.4) is 0 Å². The third kappa shape index (κ3) is 2.32. The minimum atomic E-state index is 0.375. The Hall–Kier alpha value is -0.770. The maximum Gasteiger partial charge on any atom is 0.0949 e. The van der Waals surface area contributed by atoms with Crippen molar-refractivity contribution in [1.29, 1.82) is 5.26 Å². The fourth-order valence-corrected chi connectivity index (χ4v) is 0.818. The molecule has 50 valence electrons. The van der Waals surface area contributed by atoms with E-state index in [4.69, 9.17) is 5.26 Å². The molecule has 0 saturated carbocycles. The second-order valence-electron chi connectivity index (χ2n) is 2.68. The summed E-state index contributed by atoms with van der Waals surface area (Å²) >= 11 is 0. The van der Waals surface area contributed by atoms with Crippen molar-refractivity contribution < 1.29 is 0 Å². The molecule has 0 aromatic heterocycles. The molecule has 9 heavy (non-hydrogen) atoms. The van der Waals surface area contributed by atoms with Gasteiger partial charge in [-0.25, -0.2) is 0 Å². The van der Waals surface area contributed by atoms with Crippen LogP contribution in [0.2, 0.25) is 0 Å². The van der Waals surface area contributed by atoms with Crippen LogP contribution >= 0.6 is 0 Å². The maximum atomic E-state index is 8.56. The first-order chi connectivity index (χ1) is 4.09. The minimum absolute atomic E-state index is 0.375. The first-order valence-corrected chi connectivity index (χ1v) is 3.17. The van der Waals surface area contributed by atoms with E-state index in [0.717, 1.165) is 11.1 Å². The largest absolute Gasteiger partial charge is 0.193 e. The predicted molar refractivity (Wildman–Crippen MR) is 38.8 cm³/mol. The summed E-state index contributed by atoms with van der Waals surface area (Å²) in [5.74, 6) is 0.375. The van der Waals surface area contributed by atoms with Gasteiger partial charge in [0.1, 0.15) is 0 Å². The Morgan fingerprint density at radius 2 is 1.78 bits per heavy atom. The van der Waals surface area contributed by atoms with Crippen LogP contribution in [0.5, 0.6) is 0 Å². The second kappa shape index (κ2) is 3.29. The average Bonchev–Trinajstić information content (AvgIpc) is 1.64. The first kappa shape index (κ1) is 8.23. The van der Waals surface area contributed by atoms with Crippen molar-refractivity contribution in [2.45, 2.75) is 27.7 Å². The first-order valence-electron chi connectivity index (χ1n) is 3.17. The van der Waals surface area contributed by atoms with Gasteiger partial charge < -0.3 is 0 Å². The quantitative estimate of drug-likeness (QED) is 0.491. The highest BCUT2D eigenvalue weighted by Gasteiger charge is 2.01. The number of allylic oxidation sites excluding steroid dienone is 2. The molecule has 0 rings (SSSR count). The molecule has 0 fully saturated rings. The van der Waals surface area contributed by atoms with Gasteiger partial charge in [0, 0.05) is 5.57 Å².